The summed E-state index contributed by atoms with van der Waals surface area (Å²) in [6.07, 6.45) is 0.613. The molecule has 0 aliphatic heterocycles. The molecule has 1 aromatic rings. The van der Waals surface area contributed by atoms with Gasteiger partial charge in [-0.15, -0.1) is 0 Å². The van der Waals surface area contributed by atoms with Crippen molar-refractivity contribution in [1.82, 2.24) is 5.32 Å². The highest BCUT2D eigenvalue weighted by Crippen LogP contribution is 2.25. The van der Waals surface area contributed by atoms with Gasteiger partial charge in [0.15, 0.2) is 0 Å². The molecular formula is C13H19ClN2O2. The summed E-state index contributed by atoms with van der Waals surface area (Å²) in [7, 11) is 0. The Morgan fingerprint density at radius 2 is 2.11 bits per heavy atom. The quantitative estimate of drug-likeness (QED) is 0.636. The van der Waals surface area contributed by atoms with E-state index in [4.69, 9.17) is 11.6 Å². The normalized spacial score (nSPS) is 12.7. The van der Waals surface area contributed by atoms with Crippen LogP contribution in [0.2, 0.25) is 5.02 Å². The van der Waals surface area contributed by atoms with E-state index >= 15 is 0 Å². The van der Waals surface area contributed by atoms with Crippen molar-refractivity contribution in [3.8, 4) is 0 Å². The Hall–Kier alpha value is -1.13. The number of nitro groups is 1. The van der Waals surface area contributed by atoms with Crippen molar-refractivity contribution in [3.63, 3.8) is 0 Å². The van der Waals surface area contributed by atoms with Crippen molar-refractivity contribution in [2.45, 2.75) is 33.2 Å². The van der Waals surface area contributed by atoms with E-state index in [2.05, 4.69) is 19.2 Å². The monoisotopic (exact) mass is 270 g/mol. The molecule has 0 aliphatic carbocycles. The van der Waals surface area contributed by atoms with Gasteiger partial charge in [-0.3, -0.25) is 10.1 Å². The number of halogens is 1. The van der Waals surface area contributed by atoms with E-state index in [9.17, 15) is 10.1 Å². The zero-order valence-electron chi connectivity index (χ0n) is 10.9. The third-order valence-corrected chi connectivity index (χ3v) is 3.18. The molecule has 0 saturated heterocycles. The predicted octanol–water partition coefficient (Wildman–Crippen LogP) is 3.42. The number of hydrogen-bond acceptors (Lipinski definition) is 3. The maximum absolute atomic E-state index is 11.0. The lowest BCUT2D eigenvalue weighted by Gasteiger charge is -2.21. The van der Waals surface area contributed by atoms with Crippen molar-refractivity contribution in [2.24, 2.45) is 5.92 Å². The molecule has 100 valence electrons. The minimum absolute atomic E-state index is 0.142. The summed E-state index contributed by atoms with van der Waals surface area (Å²) in [6, 6.07) is 4.93. The van der Waals surface area contributed by atoms with Crippen molar-refractivity contribution in [2.75, 3.05) is 6.54 Å². The van der Waals surface area contributed by atoms with E-state index in [0.29, 0.717) is 22.9 Å². The lowest BCUT2D eigenvalue weighted by molar-refractivity contribution is -0.385. The number of rotatable bonds is 6. The second-order valence-corrected chi connectivity index (χ2v) is 5.08. The van der Waals surface area contributed by atoms with Gasteiger partial charge in [-0.1, -0.05) is 32.4 Å². The summed E-state index contributed by atoms with van der Waals surface area (Å²) in [5.41, 5.74) is 0.829. The number of hydrogen-bond donors (Lipinski definition) is 1. The number of nitro benzene ring substituents is 1. The van der Waals surface area contributed by atoms with Crippen LogP contribution in [0, 0.1) is 16.0 Å². The van der Waals surface area contributed by atoms with Gasteiger partial charge in [0.05, 0.1) is 4.92 Å². The molecule has 0 radical (unpaired) electrons. The fraction of sp³-hybridized carbons (Fsp3) is 0.538. The van der Waals surface area contributed by atoms with Gasteiger partial charge in [0.25, 0.3) is 5.69 Å². The van der Waals surface area contributed by atoms with Crippen LogP contribution in [0.1, 0.15) is 26.3 Å². The summed E-state index contributed by atoms with van der Waals surface area (Å²) in [6.45, 7) is 7.08. The Bertz CT molecular complexity index is 421. The fourth-order valence-electron chi connectivity index (χ4n) is 1.94. The number of nitrogens with one attached hydrogen (secondary N) is 1. The van der Waals surface area contributed by atoms with Crippen LogP contribution in [0.3, 0.4) is 0 Å². The highest BCUT2D eigenvalue weighted by Gasteiger charge is 2.19. The molecule has 0 bridgehead atoms. The van der Waals surface area contributed by atoms with Gasteiger partial charge >= 0.3 is 0 Å². The minimum Gasteiger partial charge on any atom is -0.314 e. The first-order chi connectivity index (χ1) is 8.45. The topological polar surface area (TPSA) is 55.2 Å². The number of nitrogens with zero attached hydrogens (tertiary/aromatic N) is 1. The zero-order chi connectivity index (χ0) is 13.7. The molecule has 1 rings (SSSR count). The van der Waals surface area contributed by atoms with Crippen molar-refractivity contribution < 1.29 is 4.92 Å². The van der Waals surface area contributed by atoms with E-state index in [1.807, 2.05) is 6.92 Å². The van der Waals surface area contributed by atoms with E-state index in [1.54, 1.807) is 12.1 Å². The zero-order valence-corrected chi connectivity index (χ0v) is 11.7. The molecular weight excluding hydrogens is 252 g/mol. The van der Waals surface area contributed by atoms with Crippen LogP contribution >= 0.6 is 11.6 Å². The Morgan fingerprint density at radius 1 is 1.44 bits per heavy atom. The van der Waals surface area contributed by atoms with Gasteiger partial charge in [-0.05, 0) is 31.0 Å². The van der Waals surface area contributed by atoms with E-state index in [0.717, 1.165) is 6.54 Å². The van der Waals surface area contributed by atoms with Gasteiger partial charge in [0.2, 0.25) is 0 Å². The largest absolute Gasteiger partial charge is 0.314 e. The molecule has 1 N–H and O–H groups in total. The molecule has 0 aliphatic rings. The maximum atomic E-state index is 11.0. The van der Waals surface area contributed by atoms with E-state index in [-0.39, 0.29) is 16.7 Å². The second-order valence-electron chi connectivity index (χ2n) is 4.64. The van der Waals surface area contributed by atoms with Crippen LogP contribution in [0.5, 0.6) is 0 Å². The highest BCUT2D eigenvalue weighted by atomic mass is 35.5. The Balaban J connectivity index is 3.00. The van der Waals surface area contributed by atoms with Crippen LogP contribution in [0.25, 0.3) is 0 Å². The third kappa shape index (κ3) is 3.96. The van der Waals surface area contributed by atoms with Crippen LogP contribution < -0.4 is 5.32 Å². The molecule has 0 saturated carbocycles. The van der Waals surface area contributed by atoms with Crippen LogP contribution in [0.4, 0.5) is 5.69 Å². The highest BCUT2D eigenvalue weighted by molar-refractivity contribution is 6.30. The molecule has 0 heterocycles. The molecule has 1 atom stereocenters. The molecule has 0 aromatic heterocycles. The molecule has 1 aromatic carbocycles. The molecule has 4 nitrogen and oxygen atoms in total. The SMILES string of the molecule is CCNC(Cc1cc(Cl)ccc1[N+](=O)[O-])C(C)C. The van der Waals surface area contributed by atoms with Crippen LogP contribution in [-0.4, -0.2) is 17.5 Å². The lowest BCUT2D eigenvalue weighted by Crippen LogP contribution is -2.35. The van der Waals surface area contributed by atoms with E-state index < -0.39 is 0 Å². The standard InChI is InChI=1S/C13H19ClN2O2/c1-4-15-12(9(2)3)8-10-7-11(14)5-6-13(10)16(17)18/h5-7,9,12,15H,4,8H2,1-3H3. The molecule has 0 amide bonds. The van der Waals surface area contributed by atoms with Gasteiger partial charge < -0.3 is 5.32 Å². The Labute approximate surface area is 112 Å². The van der Waals surface area contributed by atoms with Gasteiger partial charge in [-0.25, -0.2) is 0 Å². The first-order valence-corrected chi connectivity index (χ1v) is 6.49. The van der Waals surface area contributed by atoms with Gasteiger partial charge in [-0.2, -0.15) is 0 Å². The summed E-state index contributed by atoms with van der Waals surface area (Å²) in [5.74, 6) is 0.406. The smallest absolute Gasteiger partial charge is 0.272 e. The lowest BCUT2D eigenvalue weighted by atomic mass is 9.95. The van der Waals surface area contributed by atoms with Gasteiger partial charge in [0.1, 0.15) is 0 Å². The van der Waals surface area contributed by atoms with Crippen LogP contribution in [0.15, 0.2) is 18.2 Å². The first kappa shape index (κ1) is 14.9. The van der Waals surface area contributed by atoms with Gasteiger partial charge in [0, 0.05) is 22.7 Å². The minimum atomic E-state index is -0.352. The third-order valence-electron chi connectivity index (χ3n) is 2.95. The molecule has 0 fully saturated rings. The van der Waals surface area contributed by atoms with E-state index in [1.165, 1.54) is 6.07 Å². The fourth-order valence-corrected chi connectivity index (χ4v) is 2.13. The molecule has 0 spiro atoms. The molecule has 1 unspecified atom stereocenters. The summed E-state index contributed by atoms with van der Waals surface area (Å²) in [5, 5.41) is 14.9. The Kier molecular flexibility index (Phi) is 5.56. The Morgan fingerprint density at radius 3 is 2.61 bits per heavy atom. The second kappa shape index (κ2) is 6.71. The van der Waals surface area contributed by atoms with Crippen molar-refractivity contribution in [1.29, 1.82) is 0 Å². The summed E-state index contributed by atoms with van der Waals surface area (Å²) < 4.78 is 0. The van der Waals surface area contributed by atoms with Crippen molar-refractivity contribution >= 4 is 17.3 Å². The number of benzene rings is 1. The number of likely N-dealkylation sites (N-methyl/N-ethyl adjacent to an activating group) is 1. The van der Waals surface area contributed by atoms with Crippen molar-refractivity contribution in [3.05, 3.63) is 38.9 Å². The predicted molar refractivity (Wildman–Crippen MR) is 74.1 cm³/mol. The summed E-state index contributed by atoms with van der Waals surface area (Å²) in [4.78, 5) is 10.6. The van der Waals surface area contributed by atoms with Crippen LogP contribution in [-0.2, 0) is 6.42 Å². The molecule has 5 heteroatoms. The summed E-state index contributed by atoms with van der Waals surface area (Å²) >= 11 is 5.92. The maximum Gasteiger partial charge on any atom is 0.272 e. The average molecular weight is 271 g/mol. The molecule has 18 heavy (non-hydrogen) atoms. The average Bonchev–Trinajstić information content (AvgIpc) is 2.28. The first-order valence-electron chi connectivity index (χ1n) is 6.11.